The van der Waals surface area contributed by atoms with E-state index in [0.717, 1.165) is 25.7 Å². The SMILES string of the molecule is O=C(OC1CCCCCCCCC1)C(CO)=C(C1CCCCCCCCC1)C1CCCCCCCCC1. The number of aliphatic hydroxyl groups is 1. The van der Waals surface area contributed by atoms with Gasteiger partial charge < -0.3 is 9.84 Å². The molecule has 0 aromatic rings. The number of hydrogen-bond donors (Lipinski definition) is 1. The predicted molar refractivity (Wildman–Crippen MR) is 156 cm³/mol. The number of rotatable bonds is 5. The minimum Gasteiger partial charge on any atom is -0.459 e. The highest BCUT2D eigenvalue weighted by molar-refractivity contribution is 5.90. The lowest BCUT2D eigenvalue weighted by molar-refractivity contribution is -0.145. The fraction of sp³-hybridized carbons (Fsp3) is 0.912. The summed E-state index contributed by atoms with van der Waals surface area (Å²) in [6.45, 7) is -0.145. The summed E-state index contributed by atoms with van der Waals surface area (Å²) < 4.78 is 6.28. The largest absolute Gasteiger partial charge is 0.459 e. The summed E-state index contributed by atoms with van der Waals surface area (Å²) in [5.41, 5.74) is 2.01. The van der Waals surface area contributed by atoms with Gasteiger partial charge in [0.15, 0.2) is 0 Å². The van der Waals surface area contributed by atoms with Crippen LogP contribution >= 0.6 is 0 Å². The molecule has 0 amide bonds. The van der Waals surface area contributed by atoms with Crippen LogP contribution in [0.4, 0.5) is 0 Å². The first-order valence-electron chi connectivity index (χ1n) is 16.8. The molecular weight excluding hydrogens is 456 g/mol. The third-order valence-electron chi connectivity index (χ3n) is 9.67. The van der Waals surface area contributed by atoms with Gasteiger partial charge in [0.25, 0.3) is 0 Å². The second-order valence-corrected chi connectivity index (χ2v) is 12.7. The summed E-state index contributed by atoms with van der Waals surface area (Å²) in [6.07, 6.45) is 34.1. The third kappa shape index (κ3) is 11.8. The Morgan fingerprint density at radius 3 is 1.11 bits per heavy atom. The van der Waals surface area contributed by atoms with Crippen LogP contribution in [0.2, 0.25) is 0 Å². The van der Waals surface area contributed by atoms with Crippen molar-refractivity contribution in [2.45, 2.75) is 179 Å². The molecule has 3 fully saturated rings. The van der Waals surface area contributed by atoms with E-state index in [0.29, 0.717) is 17.4 Å². The Bertz CT molecular complexity index is 581. The van der Waals surface area contributed by atoms with Crippen LogP contribution < -0.4 is 0 Å². The van der Waals surface area contributed by atoms with Crippen molar-refractivity contribution in [3.63, 3.8) is 0 Å². The number of ether oxygens (including phenoxy) is 1. The smallest absolute Gasteiger partial charge is 0.336 e. The Balaban J connectivity index is 1.84. The Morgan fingerprint density at radius 2 is 0.784 bits per heavy atom. The molecule has 0 unspecified atom stereocenters. The number of aliphatic hydroxyl groups excluding tert-OH is 1. The lowest BCUT2D eigenvalue weighted by Gasteiger charge is -2.32. The van der Waals surface area contributed by atoms with Gasteiger partial charge in [-0.3, -0.25) is 0 Å². The minimum absolute atomic E-state index is 0.0292. The van der Waals surface area contributed by atoms with E-state index in [1.54, 1.807) is 0 Å². The fourth-order valence-electron chi connectivity index (χ4n) is 7.45. The number of carbonyl (C=O) groups is 1. The van der Waals surface area contributed by atoms with E-state index in [1.165, 1.54) is 153 Å². The van der Waals surface area contributed by atoms with Gasteiger partial charge in [0.2, 0.25) is 0 Å². The molecule has 3 aliphatic carbocycles. The van der Waals surface area contributed by atoms with Crippen molar-refractivity contribution in [1.82, 2.24) is 0 Å². The van der Waals surface area contributed by atoms with E-state index in [9.17, 15) is 9.90 Å². The maximum Gasteiger partial charge on any atom is 0.336 e. The molecule has 0 aromatic carbocycles. The van der Waals surface area contributed by atoms with E-state index in [2.05, 4.69) is 0 Å². The molecular formula is C34H60O3. The summed E-state index contributed by atoms with van der Waals surface area (Å²) in [6, 6.07) is 0. The zero-order valence-corrected chi connectivity index (χ0v) is 24.3. The van der Waals surface area contributed by atoms with E-state index < -0.39 is 0 Å². The third-order valence-corrected chi connectivity index (χ3v) is 9.67. The average molecular weight is 517 g/mol. The maximum absolute atomic E-state index is 13.8. The molecule has 0 heterocycles. The maximum atomic E-state index is 13.8. The molecule has 0 bridgehead atoms. The van der Waals surface area contributed by atoms with E-state index in [4.69, 9.17) is 4.74 Å². The molecule has 1 N–H and O–H groups in total. The lowest BCUT2D eigenvalue weighted by Crippen LogP contribution is -2.26. The molecule has 0 aromatic heterocycles. The molecule has 3 heteroatoms. The Hall–Kier alpha value is -0.830. The van der Waals surface area contributed by atoms with Gasteiger partial charge in [0.05, 0.1) is 12.2 Å². The number of hydrogen-bond acceptors (Lipinski definition) is 3. The average Bonchev–Trinajstić information content (AvgIpc) is 2.92. The quantitative estimate of drug-likeness (QED) is 0.292. The van der Waals surface area contributed by atoms with Crippen LogP contribution in [0.25, 0.3) is 0 Å². The van der Waals surface area contributed by atoms with Crippen molar-refractivity contribution in [3.05, 3.63) is 11.1 Å². The Labute approximate surface area is 229 Å². The van der Waals surface area contributed by atoms with Crippen molar-refractivity contribution < 1.29 is 14.6 Å². The highest BCUT2D eigenvalue weighted by Crippen LogP contribution is 2.39. The second-order valence-electron chi connectivity index (χ2n) is 12.7. The van der Waals surface area contributed by atoms with Gasteiger partial charge in [0, 0.05) is 0 Å². The van der Waals surface area contributed by atoms with Crippen LogP contribution in [0.15, 0.2) is 11.1 Å². The highest BCUT2D eigenvalue weighted by Gasteiger charge is 2.30. The number of esters is 1. The van der Waals surface area contributed by atoms with Gasteiger partial charge in [-0.15, -0.1) is 0 Å². The summed E-state index contributed by atoms with van der Waals surface area (Å²) in [5.74, 6) is 0.725. The zero-order valence-electron chi connectivity index (χ0n) is 24.3. The second kappa shape index (κ2) is 19.3. The molecule has 3 nitrogen and oxygen atoms in total. The summed E-state index contributed by atoms with van der Waals surface area (Å²) in [7, 11) is 0. The van der Waals surface area contributed by atoms with Crippen LogP contribution in [-0.2, 0) is 9.53 Å². The molecule has 0 saturated heterocycles. The van der Waals surface area contributed by atoms with Crippen molar-refractivity contribution in [2.75, 3.05) is 6.61 Å². The van der Waals surface area contributed by atoms with Gasteiger partial charge >= 0.3 is 5.97 Å². The molecule has 0 aliphatic heterocycles. The van der Waals surface area contributed by atoms with Crippen molar-refractivity contribution in [2.24, 2.45) is 11.8 Å². The lowest BCUT2D eigenvalue weighted by atomic mass is 9.74. The van der Waals surface area contributed by atoms with Crippen LogP contribution in [0, 0.1) is 11.8 Å². The normalized spacial score (nSPS) is 24.0. The molecule has 0 spiro atoms. The molecule has 0 radical (unpaired) electrons. The van der Waals surface area contributed by atoms with Crippen LogP contribution in [0.5, 0.6) is 0 Å². The van der Waals surface area contributed by atoms with Crippen molar-refractivity contribution in [3.8, 4) is 0 Å². The number of allylic oxidation sites excluding steroid dienone is 1. The van der Waals surface area contributed by atoms with Crippen molar-refractivity contribution in [1.29, 1.82) is 0 Å². The minimum atomic E-state index is -0.172. The molecule has 214 valence electrons. The molecule has 3 saturated carbocycles. The van der Waals surface area contributed by atoms with E-state index in [-0.39, 0.29) is 18.7 Å². The monoisotopic (exact) mass is 516 g/mol. The standard InChI is InChI=1S/C34H60O3/c35-28-32(34(36)37-31-26-20-14-8-3-9-15-21-27-31)33(29-22-16-10-4-1-5-11-17-23-29)30-24-18-12-6-2-7-13-19-25-30/h29-31,35H,1-28H2. The molecule has 3 aliphatic rings. The first kappa shape index (κ1) is 30.7. The highest BCUT2D eigenvalue weighted by atomic mass is 16.5. The van der Waals surface area contributed by atoms with Crippen LogP contribution in [0.3, 0.4) is 0 Å². The predicted octanol–water partition coefficient (Wildman–Crippen LogP) is 9.99. The molecule has 0 atom stereocenters. The Morgan fingerprint density at radius 1 is 0.486 bits per heavy atom. The topological polar surface area (TPSA) is 46.5 Å². The fourth-order valence-corrected chi connectivity index (χ4v) is 7.45. The van der Waals surface area contributed by atoms with Crippen LogP contribution in [-0.4, -0.2) is 23.8 Å². The Kier molecular flexibility index (Phi) is 16.0. The van der Waals surface area contributed by atoms with Gasteiger partial charge in [0.1, 0.15) is 6.10 Å². The van der Waals surface area contributed by atoms with Gasteiger partial charge in [-0.05, 0) is 63.2 Å². The van der Waals surface area contributed by atoms with E-state index >= 15 is 0 Å². The molecule has 3 rings (SSSR count). The first-order chi connectivity index (χ1) is 18.3. The number of carbonyl (C=O) groups excluding carboxylic acids is 1. The molecule has 37 heavy (non-hydrogen) atoms. The summed E-state index contributed by atoms with van der Waals surface area (Å²) >= 11 is 0. The van der Waals surface area contributed by atoms with E-state index in [1.807, 2.05) is 0 Å². The van der Waals surface area contributed by atoms with Gasteiger partial charge in [-0.2, -0.15) is 0 Å². The van der Waals surface area contributed by atoms with Gasteiger partial charge in [-0.1, -0.05) is 128 Å². The summed E-state index contributed by atoms with van der Waals surface area (Å²) in [4.78, 5) is 13.8. The van der Waals surface area contributed by atoms with Crippen LogP contribution in [0.1, 0.15) is 173 Å². The first-order valence-corrected chi connectivity index (χ1v) is 16.8. The summed E-state index contributed by atoms with van der Waals surface area (Å²) in [5, 5.41) is 10.7. The zero-order chi connectivity index (χ0) is 26.0. The van der Waals surface area contributed by atoms with Crippen molar-refractivity contribution >= 4 is 5.97 Å². The van der Waals surface area contributed by atoms with Gasteiger partial charge in [-0.25, -0.2) is 4.79 Å².